The van der Waals surface area contributed by atoms with Crippen molar-refractivity contribution >= 4 is 10.9 Å². The van der Waals surface area contributed by atoms with Gasteiger partial charge in [-0.15, -0.1) is 5.10 Å². The number of para-hydroxylation sites is 1. The van der Waals surface area contributed by atoms with Gasteiger partial charge in [0, 0.05) is 41.6 Å². The molecule has 1 aromatic carbocycles. The van der Waals surface area contributed by atoms with E-state index in [4.69, 9.17) is 0 Å². The molecule has 4 rings (SSSR count). The van der Waals surface area contributed by atoms with Crippen LogP contribution in [0.4, 0.5) is 0 Å². The maximum absolute atomic E-state index is 4.17. The highest BCUT2D eigenvalue weighted by Crippen LogP contribution is 2.19. The Kier molecular flexibility index (Phi) is 3.12. The van der Waals surface area contributed by atoms with Crippen LogP contribution in [0, 0.1) is 0 Å². The van der Waals surface area contributed by atoms with Gasteiger partial charge in [-0.3, -0.25) is 4.68 Å². The first kappa shape index (κ1) is 12.7. The normalized spacial score (nSPS) is 11.1. The van der Waals surface area contributed by atoms with Crippen molar-refractivity contribution in [2.45, 2.75) is 13.0 Å². The molecule has 0 aliphatic carbocycles. The summed E-state index contributed by atoms with van der Waals surface area (Å²) in [7, 11) is 0. The summed E-state index contributed by atoms with van der Waals surface area (Å²) in [6.45, 7) is 0.780. The van der Waals surface area contributed by atoms with Crippen LogP contribution in [-0.4, -0.2) is 29.9 Å². The summed E-state index contributed by atoms with van der Waals surface area (Å²) >= 11 is 0. The second-order valence-corrected chi connectivity index (χ2v) is 5.10. The van der Waals surface area contributed by atoms with Crippen LogP contribution in [0.15, 0.2) is 55.4 Å². The third kappa shape index (κ3) is 2.35. The van der Waals surface area contributed by atoms with E-state index in [0.29, 0.717) is 0 Å². The van der Waals surface area contributed by atoms with E-state index in [0.717, 1.165) is 24.2 Å². The minimum absolute atomic E-state index is 0.780. The third-order valence-corrected chi connectivity index (χ3v) is 3.68. The molecular weight excluding hydrogens is 276 g/mol. The number of H-pyrrole nitrogens is 1. The highest BCUT2D eigenvalue weighted by molar-refractivity contribution is 5.82. The molecule has 0 spiro atoms. The van der Waals surface area contributed by atoms with Gasteiger partial charge in [0.05, 0.1) is 6.20 Å². The molecular formula is C16H14N6. The standard InChI is InChI=1S/C16H14N6/c1-2-4-15-14(3-1)12(9-19-15)5-6-22-10-16(20-21-22)13-7-17-11-18-8-13/h1-4,7-11,19H,5-6H2. The van der Waals surface area contributed by atoms with Crippen molar-refractivity contribution in [3.63, 3.8) is 0 Å². The zero-order chi connectivity index (χ0) is 14.8. The van der Waals surface area contributed by atoms with Gasteiger partial charge in [-0.05, 0) is 18.1 Å². The molecule has 0 aliphatic rings. The van der Waals surface area contributed by atoms with Crippen LogP contribution < -0.4 is 0 Å². The van der Waals surface area contributed by atoms with E-state index in [9.17, 15) is 0 Å². The molecule has 108 valence electrons. The summed E-state index contributed by atoms with van der Waals surface area (Å²) in [6.07, 6.45) is 9.87. The summed E-state index contributed by atoms with van der Waals surface area (Å²) in [5.41, 5.74) is 4.12. The van der Waals surface area contributed by atoms with Gasteiger partial charge in [-0.1, -0.05) is 23.4 Å². The van der Waals surface area contributed by atoms with Crippen molar-refractivity contribution in [3.05, 3.63) is 60.9 Å². The Morgan fingerprint density at radius 2 is 1.95 bits per heavy atom. The predicted octanol–water partition coefficient (Wildman–Crippen LogP) is 2.46. The Hall–Kier alpha value is -3.02. The van der Waals surface area contributed by atoms with Gasteiger partial charge >= 0.3 is 0 Å². The molecule has 3 heterocycles. The molecule has 0 radical (unpaired) electrons. The van der Waals surface area contributed by atoms with Crippen molar-refractivity contribution < 1.29 is 0 Å². The average molecular weight is 290 g/mol. The van der Waals surface area contributed by atoms with Crippen molar-refractivity contribution in [1.82, 2.24) is 29.9 Å². The molecule has 0 saturated carbocycles. The van der Waals surface area contributed by atoms with Crippen LogP contribution >= 0.6 is 0 Å². The van der Waals surface area contributed by atoms with E-state index in [1.165, 1.54) is 22.8 Å². The fourth-order valence-electron chi connectivity index (χ4n) is 2.54. The second-order valence-electron chi connectivity index (χ2n) is 5.10. The highest BCUT2D eigenvalue weighted by Gasteiger charge is 2.06. The number of hydrogen-bond donors (Lipinski definition) is 1. The number of aryl methyl sites for hydroxylation is 2. The lowest BCUT2D eigenvalue weighted by Crippen LogP contribution is -2.01. The SMILES string of the molecule is c1ccc2c(CCn3cc(-c4cncnc4)nn3)c[nH]c2c1. The Labute approximate surface area is 126 Å². The van der Waals surface area contributed by atoms with Gasteiger partial charge in [0.1, 0.15) is 12.0 Å². The molecule has 0 saturated heterocycles. The zero-order valence-corrected chi connectivity index (χ0v) is 11.8. The number of hydrogen-bond acceptors (Lipinski definition) is 4. The summed E-state index contributed by atoms with van der Waals surface area (Å²) < 4.78 is 1.85. The van der Waals surface area contributed by atoms with E-state index in [1.54, 1.807) is 12.4 Å². The van der Waals surface area contributed by atoms with Crippen molar-refractivity contribution in [2.75, 3.05) is 0 Å². The number of nitrogens with one attached hydrogen (secondary N) is 1. The number of benzene rings is 1. The van der Waals surface area contributed by atoms with E-state index >= 15 is 0 Å². The molecule has 0 amide bonds. The fraction of sp³-hybridized carbons (Fsp3) is 0.125. The van der Waals surface area contributed by atoms with E-state index < -0.39 is 0 Å². The molecule has 0 fully saturated rings. The Bertz CT molecular complexity index is 893. The smallest absolute Gasteiger partial charge is 0.116 e. The molecule has 6 heteroatoms. The average Bonchev–Trinajstić information content (AvgIpc) is 3.21. The quantitative estimate of drug-likeness (QED) is 0.626. The van der Waals surface area contributed by atoms with Gasteiger partial charge in [-0.25, -0.2) is 9.97 Å². The Morgan fingerprint density at radius 3 is 2.86 bits per heavy atom. The third-order valence-electron chi connectivity index (χ3n) is 3.68. The Balaban J connectivity index is 1.52. The number of rotatable bonds is 4. The van der Waals surface area contributed by atoms with Crippen molar-refractivity contribution in [2.24, 2.45) is 0 Å². The largest absolute Gasteiger partial charge is 0.361 e. The van der Waals surface area contributed by atoms with E-state index in [-0.39, 0.29) is 0 Å². The van der Waals surface area contributed by atoms with E-state index in [2.05, 4.69) is 49.7 Å². The van der Waals surface area contributed by atoms with Crippen molar-refractivity contribution in [3.8, 4) is 11.3 Å². The number of aromatic amines is 1. The minimum Gasteiger partial charge on any atom is -0.361 e. The minimum atomic E-state index is 0.780. The van der Waals surface area contributed by atoms with Crippen LogP contribution in [-0.2, 0) is 13.0 Å². The van der Waals surface area contributed by atoms with Crippen LogP contribution in [0.3, 0.4) is 0 Å². The molecule has 0 atom stereocenters. The number of fused-ring (bicyclic) bond motifs is 1. The van der Waals surface area contributed by atoms with Gasteiger partial charge in [0.15, 0.2) is 0 Å². The van der Waals surface area contributed by atoms with Crippen LogP contribution in [0.25, 0.3) is 22.2 Å². The lowest BCUT2D eigenvalue weighted by atomic mass is 10.1. The monoisotopic (exact) mass is 290 g/mol. The maximum atomic E-state index is 4.17. The van der Waals surface area contributed by atoms with Crippen LogP contribution in [0.5, 0.6) is 0 Å². The molecule has 0 unspecified atom stereocenters. The number of aromatic nitrogens is 6. The second kappa shape index (κ2) is 5.40. The summed E-state index contributed by atoms with van der Waals surface area (Å²) in [4.78, 5) is 11.3. The molecule has 3 aromatic heterocycles. The molecule has 6 nitrogen and oxygen atoms in total. The number of nitrogens with zero attached hydrogens (tertiary/aromatic N) is 5. The fourth-order valence-corrected chi connectivity index (χ4v) is 2.54. The topological polar surface area (TPSA) is 72.3 Å². The molecule has 0 aliphatic heterocycles. The van der Waals surface area contributed by atoms with E-state index in [1.807, 2.05) is 16.9 Å². The summed E-state index contributed by atoms with van der Waals surface area (Å²) in [5.74, 6) is 0. The summed E-state index contributed by atoms with van der Waals surface area (Å²) in [6, 6.07) is 8.31. The lowest BCUT2D eigenvalue weighted by molar-refractivity contribution is 0.590. The molecule has 1 N–H and O–H groups in total. The first-order chi connectivity index (χ1) is 10.9. The zero-order valence-electron chi connectivity index (χ0n) is 11.8. The molecule has 4 aromatic rings. The van der Waals surface area contributed by atoms with Gasteiger partial charge in [-0.2, -0.15) is 0 Å². The van der Waals surface area contributed by atoms with Crippen LogP contribution in [0.1, 0.15) is 5.56 Å². The summed E-state index contributed by atoms with van der Waals surface area (Å²) in [5, 5.41) is 9.61. The molecule has 22 heavy (non-hydrogen) atoms. The van der Waals surface area contributed by atoms with Gasteiger partial charge < -0.3 is 4.98 Å². The van der Waals surface area contributed by atoms with Gasteiger partial charge in [0.2, 0.25) is 0 Å². The Morgan fingerprint density at radius 1 is 1.09 bits per heavy atom. The lowest BCUT2D eigenvalue weighted by Gasteiger charge is -1.99. The first-order valence-corrected chi connectivity index (χ1v) is 7.11. The highest BCUT2D eigenvalue weighted by atomic mass is 15.4. The molecule has 0 bridgehead atoms. The van der Waals surface area contributed by atoms with Gasteiger partial charge in [0.25, 0.3) is 0 Å². The predicted molar refractivity (Wildman–Crippen MR) is 83.1 cm³/mol. The maximum Gasteiger partial charge on any atom is 0.116 e. The van der Waals surface area contributed by atoms with Crippen molar-refractivity contribution in [1.29, 1.82) is 0 Å². The van der Waals surface area contributed by atoms with Crippen LogP contribution in [0.2, 0.25) is 0 Å². The first-order valence-electron chi connectivity index (χ1n) is 7.11.